The van der Waals surface area contributed by atoms with Crippen molar-refractivity contribution in [1.82, 2.24) is 9.80 Å². The van der Waals surface area contributed by atoms with Crippen molar-refractivity contribution in [2.45, 2.75) is 6.92 Å². The third-order valence-corrected chi connectivity index (χ3v) is 1.34. The Balaban J connectivity index is 0.000000292. The van der Waals surface area contributed by atoms with Crippen molar-refractivity contribution < 1.29 is 0 Å². The van der Waals surface area contributed by atoms with Gasteiger partial charge in [0.15, 0.2) is 0 Å². The SMILES string of the molecule is CCN1C=CN(C)C1.I[IH]I. The summed E-state index contributed by atoms with van der Waals surface area (Å²) in [5.41, 5.74) is 0. The molecule has 0 amide bonds. The summed E-state index contributed by atoms with van der Waals surface area (Å²) in [7, 11) is 2.08. The molecule has 0 aromatic heterocycles. The Morgan fingerprint density at radius 2 is 2.00 bits per heavy atom. The molecular formula is C6H13I3N2. The van der Waals surface area contributed by atoms with Gasteiger partial charge in [-0.25, -0.2) is 0 Å². The Hall–Kier alpha value is 1.53. The van der Waals surface area contributed by atoms with E-state index < -0.39 is 0 Å². The summed E-state index contributed by atoms with van der Waals surface area (Å²) in [6.45, 7) is 4.32. The maximum absolute atomic E-state index is 2.41. The van der Waals surface area contributed by atoms with Crippen LogP contribution < -0.4 is 0 Å². The zero-order valence-electron chi connectivity index (χ0n) is 6.63. The van der Waals surface area contributed by atoms with Crippen LogP contribution in [0.3, 0.4) is 0 Å². The van der Waals surface area contributed by atoms with Gasteiger partial charge in [0.25, 0.3) is 0 Å². The zero-order chi connectivity index (χ0) is 8.69. The summed E-state index contributed by atoms with van der Waals surface area (Å²) < 4.78 is 0. The molecule has 0 bridgehead atoms. The van der Waals surface area contributed by atoms with Gasteiger partial charge in [0.1, 0.15) is 0 Å². The molecule has 0 aromatic rings. The summed E-state index contributed by atoms with van der Waals surface area (Å²) >= 11 is 5.22. The van der Waals surface area contributed by atoms with E-state index in [0.29, 0.717) is 13.3 Å². The average Bonchev–Trinajstić information content (AvgIpc) is 2.37. The first-order valence-corrected chi connectivity index (χ1v) is 16.8. The van der Waals surface area contributed by atoms with Gasteiger partial charge in [0.05, 0.1) is 6.67 Å². The molecule has 0 aliphatic carbocycles. The van der Waals surface area contributed by atoms with Gasteiger partial charge in [-0.1, -0.05) is 0 Å². The molecule has 0 unspecified atom stereocenters. The van der Waals surface area contributed by atoms with Crippen LogP contribution in [0, 0.1) is 0 Å². The maximum atomic E-state index is 2.41. The molecule has 11 heavy (non-hydrogen) atoms. The van der Waals surface area contributed by atoms with Crippen LogP contribution in [0.5, 0.6) is 0 Å². The third-order valence-electron chi connectivity index (χ3n) is 1.34. The molecule has 0 saturated carbocycles. The summed E-state index contributed by atoms with van der Waals surface area (Å²) in [4.78, 5) is 4.41. The standard InChI is InChI=1S/C6H12N2.HI3/c1-3-8-5-4-7(2)6-8;1-3-2/h4-5H,3,6H2,1-2H3;3H. The first-order valence-electron chi connectivity index (χ1n) is 3.26. The van der Waals surface area contributed by atoms with Crippen LogP contribution in [-0.2, 0) is 0 Å². The normalized spacial score (nSPS) is 15.3. The second kappa shape index (κ2) is 8.14. The Morgan fingerprint density at radius 3 is 2.18 bits per heavy atom. The van der Waals surface area contributed by atoms with Crippen LogP contribution >= 0.6 is 50.5 Å². The van der Waals surface area contributed by atoms with Crippen molar-refractivity contribution in [3.8, 4) is 0 Å². The summed E-state index contributed by atoms with van der Waals surface area (Å²) in [5.74, 6) is 0. The zero-order valence-corrected chi connectivity index (χ0v) is 13.3. The summed E-state index contributed by atoms with van der Waals surface area (Å²) in [5, 5.41) is 0. The van der Waals surface area contributed by atoms with E-state index in [1.165, 1.54) is 0 Å². The Kier molecular flexibility index (Phi) is 9.28. The van der Waals surface area contributed by atoms with Crippen LogP contribution in [0.4, 0.5) is 0 Å². The molecule has 2 nitrogen and oxygen atoms in total. The minimum absolute atomic E-state index is 0.410. The van der Waals surface area contributed by atoms with Gasteiger partial charge in [-0.05, 0) is 6.92 Å². The topological polar surface area (TPSA) is 6.48 Å². The predicted molar refractivity (Wildman–Crippen MR) is 77.6 cm³/mol. The molecule has 0 fully saturated rings. The molecule has 1 aliphatic rings. The van der Waals surface area contributed by atoms with Crippen LogP contribution in [0.1, 0.15) is 6.92 Å². The number of nitrogens with zero attached hydrogens (tertiary/aromatic N) is 2. The van der Waals surface area contributed by atoms with Crippen LogP contribution in [0.15, 0.2) is 12.4 Å². The van der Waals surface area contributed by atoms with Gasteiger partial charge in [-0.3, -0.25) is 0 Å². The second-order valence-corrected chi connectivity index (χ2v) is 19.7. The van der Waals surface area contributed by atoms with Crippen molar-refractivity contribution in [3.05, 3.63) is 12.4 Å². The van der Waals surface area contributed by atoms with Gasteiger partial charge in [0, 0.05) is 26.0 Å². The average molecular weight is 494 g/mol. The number of hydrogen-bond donors (Lipinski definition) is 0. The van der Waals surface area contributed by atoms with Gasteiger partial charge >= 0.3 is 50.5 Å². The monoisotopic (exact) mass is 494 g/mol. The first-order chi connectivity index (χ1) is 5.24. The van der Waals surface area contributed by atoms with Crippen LogP contribution in [0.25, 0.3) is 0 Å². The van der Waals surface area contributed by atoms with E-state index in [-0.39, 0.29) is 0 Å². The van der Waals surface area contributed by atoms with Crippen molar-refractivity contribution in [2.75, 3.05) is 20.3 Å². The van der Waals surface area contributed by atoms with Crippen LogP contribution in [0.2, 0.25) is 0 Å². The summed E-state index contributed by atoms with van der Waals surface area (Å²) in [6, 6.07) is 0. The molecule has 0 radical (unpaired) electrons. The Bertz CT molecular complexity index is 118. The van der Waals surface area contributed by atoms with Gasteiger partial charge in [0.2, 0.25) is 0 Å². The number of rotatable bonds is 1. The number of hydrogen-bond acceptors (Lipinski definition) is 2. The van der Waals surface area contributed by atoms with Gasteiger partial charge in [-0.15, -0.1) is 0 Å². The van der Waals surface area contributed by atoms with E-state index in [9.17, 15) is 0 Å². The van der Waals surface area contributed by atoms with Gasteiger partial charge < -0.3 is 9.80 Å². The van der Waals surface area contributed by atoms with E-state index in [1.54, 1.807) is 0 Å². The van der Waals surface area contributed by atoms with E-state index in [2.05, 4.69) is 73.4 Å². The molecule has 68 valence electrons. The van der Waals surface area contributed by atoms with E-state index >= 15 is 0 Å². The number of halogens is 3. The molecule has 0 N–H and O–H groups in total. The molecule has 1 heterocycles. The molecule has 0 spiro atoms. The fourth-order valence-corrected chi connectivity index (χ4v) is 0.794. The Morgan fingerprint density at radius 1 is 1.45 bits per heavy atom. The molecule has 0 aromatic carbocycles. The van der Waals surface area contributed by atoms with Crippen LogP contribution in [-0.4, -0.2) is 30.1 Å². The molecule has 1 aliphatic heterocycles. The minimum atomic E-state index is 0.410. The van der Waals surface area contributed by atoms with E-state index in [4.69, 9.17) is 0 Å². The quantitative estimate of drug-likeness (QED) is 0.518. The molecule has 0 atom stereocenters. The van der Waals surface area contributed by atoms with Crippen molar-refractivity contribution in [2.24, 2.45) is 0 Å². The molecule has 1 rings (SSSR count). The predicted octanol–water partition coefficient (Wildman–Crippen LogP) is 3.07. The van der Waals surface area contributed by atoms with E-state index in [0.717, 1.165) is 13.2 Å². The van der Waals surface area contributed by atoms with Gasteiger partial charge in [-0.2, -0.15) is 0 Å². The fraction of sp³-hybridized carbons (Fsp3) is 0.667. The second-order valence-electron chi connectivity index (χ2n) is 2.16. The summed E-state index contributed by atoms with van der Waals surface area (Å²) in [6.07, 6.45) is 4.20. The van der Waals surface area contributed by atoms with Crippen molar-refractivity contribution in [3.63, 3.8) is 0 Å². The van der Waals surface area contributed by atoms with E-state index in [1.807, 2.05) is 0 Å². The Labute approximate surface area is 98.4 Å². The van der Waals surface area contributed by atoms with Crippen molar-refractivity contribution >= 4 is 50.5 Å². The third kappa shape index (κ3) is 6.67. The molecule has 0 saturated heterocycles. The molecular weight excluding hydrogens is 481 g/mol. The van der Waals surface area contributed by atoms with Crippen molar-refractivity contribution in [1.29, 1.82) is 0 Å². The first kappa shape index (κ1) is 12.5. The fourth-order valence-electron chi connectivity index (χ4n) is 0.794. The molecule has 5 heteroatoms.